The van der Waals surface area contributed by atoms with E-state index in [1.54, 1.807) is 7.11 Å². The number of hydrogen-bond donors (Lipinski definition) is 1. The van der Waals surface area contributed by atoms with Crippen LogP contribution in [0.25, 0.3) is 10.9 Å². The Kier molecular flexibility index (Phi) is 4.66. The van der Waals surface area contributed by atoms with Gasteiger partial charge in [0.15, 0.2) is 0 Å². The van der Waals surface area contributed by atoms with Crippen LogP contribution >= 0.6 is 0 Å². The fraction of sp³-hybridized carbons (Fsp3) is 0.350. The average molecular weight is 366 g/mol. The van der Waals surface area contributed by atoms with E-state index >= 15 is 0 Å². The maximum Gasteiger partial charge on any atom is 0.270 e. The highest BCUT2D eigenvalue weighted by Crippen LogP contribution is 2.23. The van der Waals surface area contributed by atoms with Gasteiger partial charge in [-0.2, -0.15) is 5.10 Å². The number of nitrogens with one attached hydrogen (secondary N) is 1. The Labute approximate surface area is 157 Å². The van der Waals surface area contributed by atoms with Gasteiger partial charge < -0.3 is 19.4 Å². The number of piperidine rings is 1. The van der Waals surface area contributed by atoms with E-state index in [0.717, 1.165) is 41.7 Å². The quantitative estimate of drug-likeness (QED) is 0.768. The number of H-pyrrole nitrogens is 1. The number of fused-ring (bicyclic) bond motifs is 1. The van der Waals surface area contributed by atoms with Gasteiger partial charge in [0.25, 0.3) is 5.91 Å². The van der Waals surface area contributed by atoms with Crippen LogP contribution in [0.3, 0.4) is 0 Å². The monoisotopic (exact) mass is 366 g/mol. The van der Waals surface area contributed by atoms with E-state index in [0.29, 0.717) is 18.1 Å². The molecule has 7 heteroatoms. The van der Waals surface area contributed by atoms with Crippen LogP contribution in [0.5, 0.6) is 11.6 Å². The fourth-order valence-corrected chi connectivity index (χ4v) is 3.36. The Morgan fingerprint density at radius 2 is 2.11 bits per heavy atom. The second kappa shape index (κ2) is 7.26. The van der Waals surface area contributed by atoms with Crippen LogP contribution in [0.15, 0.2) is 36.4 Å². The van der Waals surface area contributed by atoms with E-state index in [2.05, 4.69) is 15.2 Å². The highest BCUT2D eigenvalue weighted by atomic mass is 16.5. The van der Waals surface area contributed by atoms with Gasteiger partial charge in [-0.15, -0.1) is 5.10 Å². The molecule has 1 fully saturated rings. The summed E-state index contributed by atoms with van der Waals surface area (Å²) in [4.78, 5) is 18.0. The molecule has 0 spiro atoms. The van der Waals surface area contributed by atoms with Crippen LogP contribution in [0.2, 0.25) is 0 Å². The highest BCUT2D eigenvalue weighted by molar-refractivity contribution is 5.98. The second-order valence-electron chi connectivity index (χ2n) is 6.78. The summed E-state index contributed by atoms with van der Waals surface area (Å²) in [5, 5.41) is 9.05. The molecule has 1 saturated heterocycles. The van der Waals surface area contributed by atoms with Crippen LogP contribution in [0.4, 0.5) is 0 Å². The number of benzene rings is 1. The molecule has 1 unspecified atom stereocenters. The lowest BCUT2D eigenvalue weighted by Crippen LogP contribution is -2.44. The molecule has 1 aliphatic heterocycles. The van der Waals surface area contributed by atoms with Crippen LogP contribution in [-0.2, 0) is 0 Å². The van der Waals surface area contributed by atoms with Crippen molar-refractivity contribution in [3.05, 3.63) is 47.8 Å². The zero-order chi connectivity index (χ0) is 18.8. The molecule has 0 aliphatic carbocycles. The Bertz CT molecular complexity index is 952. The number of likely N-dealkylation sites (tertiary alicyclic amines) is 1. The molecule has 1 amide bonds. The van der Waals surface area contributed by atoms with Crippen molar-refractivity contribution in [2.75, 3.05) is 20.2 Å². The second-order valence-corrected chi connectivity index (χ2v) is 6.78. The van der Waals surface area contributed by atoms with E-state index in [-0.39, 0.29) is 12.0 Å². The van der Waals surface area contributed by atoms with Crippen molar-refractivity contribution in [3.8, 4) is 11.6 Å². The van der Waals surface area contributed by atoms with Crippen molar-refractivity contribution in [2.24, 2.45) is 0 Å². The van der Waals surface area contributed by atoms with Crippen LogP contribution < -0.4 is 9.47 Å². The maximum atomic E-state index is 12.9. The van der Waals surface area contributed by atoms with Crippen molar-refractivity contribution in [2.45, 2.75) is 25.9 Å². The average Bonchev–Trinajstić information content (AvgIpc) is 3.12. The molecular formula is C20H22N4O3. The Morgan fingerprint density at radius 1 is 1.22 bits per heavy atom. The summed E-state index contributed by atoms with van der Waals surface area (Å²) in [5.41, 5.74) is 2.31. The number of hydrogen-bond acceptors (Lipinski definition) is 5. The summed E-state index contributed by atoms with van der Waals surface area (Å²) in [6.45, 7) is 3.14. The van der Waals surface area contributed by atoms with Gasteiger partial charge in [0, 0.05) is 29.6 Å². The van der Waals surface area contributed by atoms with Crippen molar-refractivity contribution in [3.63, 3.8) is 0 Å². The molecule has 3 aromatic rings. The number of nitrogens with zero attached hydrogens (tertiary/aromatic N) is 3. The van der Waals surface area contributed by atoms with Gasteiger partial charge >= 0.3 is 0 Å². The van der Waals surface area contributed by atoms with Crippen molar-refractivity contribution in [1.82, 2.24) is 20.1 Å². The first-order valence-corrected chi connectivity index (χ1v) is 9.05. The fourth-order valence-electron chi connectivity index (χ4n) is 3.36. The number of ether oxygens (including phenoxy) is 2. The minimum absolute atomic E-state index is 0.0199. The third kappa shape index (κ3) is 3.72. The lowest BCUT2D eigenvalue weighted by atomic mass is 10.1. The predicted molar refractivity (Wildman–Crippen MR) is 101 cm³/mol. The first-order chi connectivity index (χ1) is 13.1. The minimum Gasteiger partial charge on any atom is -0.497 e. The van der Waals surface area contributed by atoms with Crippen molar-refractivity contribution in [1.29, 1.82) is 0 Å². The van der Waals surface area contributed by atoms with Crippen LogP contribution in [0, 0.1) is 6.92 Å². The Hall–Kier alpha value is -3.09. The van der Waals surface area contributed by atoms with Crippen molar-refractivity contribution >= 4 is 16.8 Å². The van der Waals surface area contributed by atoms with Crippen molar-refractivity contribution < 1.29 is 14.3 Å². The van der Waals surface area contributed by atoms with E-state index in [1.165, 1.54) is 0 Å². The molecular weight excluding hydrogens is 344 g/mol. The number of methoxy groups -OCH3 is 1. The summed E-state index contributed by atoms with van der Waals surface area (Å²) in [7, 11) is 1.63. The smallest absolute Gasteiger partial charge is 0.270 e. The first kappa shape index (κ1) is 17.3. The first-order valence-electron chi connectivity index (χ1n) is 9.05. The largest absolute Gasteiger partial charge is 0.497 e. The standard InChI is InChI=1S/C20H22N4O3/c1-13-5-8-19(23-22-13)27-16-4-3-9-24(12-16)20(25)18-10-14-6-7-15(26-2)11-17(14)21-18/h5-8,10-11,16,21H,3-4,9,12H2,1-2H3. The zero-order valence-corrected chi connectivity index (χ0v) is 15.4. The van der Waals surface area contributed by atoms with Gasteiger partial charge in [0.05, 0.1) is 19.3 Å². The molecule has 140 valence electrons. The Balaban J connectivity index is 1.47. The number of aromatic amines is 1. The van der Waals surface area contributed by atoms with Crippen LogP contribution in [0.1, 0.15) is 29.0 Å². The van der Waals surface area contributed by atoms with Gasteiger partial charge in [0.1, 0.15) is 17.5 Å². The number of rotatable bonds is 4. The van der Waals surface area contributed by atoms with E-state index in [1.807, 2.05) is 48.2 Å². The molecule has 1 aromatic carbocycles. The normalized spacial score (nSPS) is 17.1. The maximum absolute atomic E-state index is 12.9. The molecule has 7 nitrogen and oxygen atoms in total. The summed E-state index contributed by atoms with van der Waals surface area (Å²) in [6, 6.07) is 11.3. The van der Waals surface area contributed by atoms with E-state index in [4.69, 9.17) is 9.47 Å². The molecule has 0 saturated carbocycles. The summed E-state index contributed by atoms with van der Waals surface area (Å²) in [6.07, 6.45) is 1.71. The summed E-state index contributed by atoms with van der Waals surface area (Å²) >= 11 is 0. The molecule has 0 bridgehead atoms. The van der Waals surface area contributed by atoms with Gasteiger partial charge in [-0.05, 0) is 44.0 Å². The molecule has 0 radical (unpaired) electrons. The van der Waals surface area contributed by atoms with E-state index < -0.39 is 0 Å². The third-order valence-electron chi connectivity index (χ3n) is 4.79. The Morgan fingerprint density at radius 3 is 2.89 bits per heavy atom. The molecule has 1 atom stereocenters. The van der Waals surface area contributed by atoms with Crippen LogP contribution in [-0.4, -0.2) is 52.3 Å². The van der Waals surface area contributed by atoms with Gasteiger partial charge in [-0.1, -0.05) is 0 Å². The SMILES string of the molecule is COc1ccc2cc(C(=O)N3CCCC(Oc4ccc(C)nn4)C3)[nH]c2c1. The molecule has 2 aromatic heterocycles. The predicted octanol–water partition coefficient (Wildman–Crippen LogP) is 2.96. The molecule has 4 rings (SSSR count). The van der Waals surface area contributed by atoms with Gasteiger partial charge in [0.2, 0.25) is 5.88 Å². The van der Waals surface area contributed by atoms with Gasteiger partial charge in [-0.3, -0.25) is 4.79 Å². The number of carbonyl (C=O) groups excluding carboxylic acids is 1. The van der Waals surface area contributed by atoms with E-state index in [9.17, 15) is 4.79 Å². The molecule has 1 N–H and O–H groups in total. The topological polar surface area (TPSA) is 80.3 Å². The lowest BCUT2D eigenvalue weighted by Gasteiger charge is -2.32. The minimum atomic E-state index is -0.0795. The molecule has 27 heavy (non-hydrogen) atoms. The molecule has 1 aliphatic rings. The lowest BCUT2D eigenvalue weighted by molar-refractivity contribution is 0.0521. The number of amides is 1. The number of aromatic nitrogens is 3. The van der Waals surface area contributed by atoms with Gasteiger partial charge in [-0.25, -0.2) is 0 Å². The zero-order valence-electron chi connectivity index (χ0n) is 15.4. The summed E-state index contributed by atoms with van der Waals surface area (Å²) < 4.78 is 11.2. The third-order valence-corrected chi connectivity index (χ3v) is 4.79. The molecule has 3 heterocycles. The number of aryl methyl sites for hydroxylation is 1. The number of carbonyl (C=O) groups is 1. The highest BCUT2D eigenvalue weighted by Gasteiger charge is 2.27. The summed E-state index contributed by atoms with van der Waals surface area (Å²) in [5.74, 6) is 1.24.